The SMILES string of the molecule is CC(=O)NCSC[C@H](NC(=O)[C@H](CO)NC(=O)[C@@H](NC(=O)[C@H](Cc1ccccc1)NC(=O)[C@@H](NC(=O)[C@H](CCCCNC(=O)OCCS(C)(=O)=O)NC(=O)[C@H](Cc1c[nH]c2ccccc12)NC(=O)[C@H](Cc1ccccc1)NC(=O)OC(C)(C)C)[C@@H](C)O)[C@@H](C)O)C(=O)OCCS(=O)(=O)Cc1ccc(N=Nc2ccccc2)cc1. The van der Waals surface area contributed by atoms with Crippen molar-refractivity contribution in [2.45, 2.75) is 152 Å². The molecule has 612 valence electrons. The average Bonchev–Trinajstić information content (AvgIpc) is 1.80. The number of carbonyl (C=O) groups is 11. The van der Waals surface area contributed by atoms with Gasteiger partial charge in [-0.15, -0.1) is 11.8 Å². The molecule has 6 aromatic rings. The van der Waals surface area contributed by atoms with Crippen molar-refractivity contribution in [3.8, 4) is 0 Å². The maximum atomic E-state index is 15.1. The number of benzene rings is 5. The lowest BCUT2D eigenvalue weighted by molar-refractivity contribution is -0.147. The Kier molecular flexibility index (Phi) is 36.2. The number of aromatic nitrogens is 1. The number of fused-ring (bicyclic) bond motifs is 1. The summed E-state index contributed by atoms with van der Waals surface area (Å²) in [7, 11) is -7.39. The van der Waals surface area contributed by atoms with Gasteiger partial charge in [0.1, 0.15) is 67.1 Å². The number of aromatic amines is 1. The molecule has 0 aliphatic rings. The third-order valence-electron chi connectivity index (χ3n) is 16.7. The third-order valence-corrected chi connectivity index (χ3v) is 20.1. The normalized spacial score (nSPS) is 14.3. The molecule has 14 N–H and O–H groups in total. The van der Waals surface area contributed by atoms with Crippen LogP contribution in [0.25, 0.3) is 10.9 Å². The number of esters is 1. The molecule has 0 saturated heterocycles. The minimum absolute atomic E-state index is 0.0307. The first-order valence-electron chi connectivity index (χ1n) is 36.1. The molecule has 0 fully saturated rings. The predicted octanol–water partition coefficient (Wildman–Crippen LogP) is 2.58. The van der Waals surface area contributed by atoms with E-state index in [2.05, 4.69) is 68.4 Å². The quantitative estimate of drug-likeness (QED) is 0.00859. The number of azo groups is 1. The molecule has 34 nitrogen and oxygen atoms in total. The van der Waals surface area contributed by atoms with E-state index in [-0.39, 0.29) is 56.7 Å². The molecule has 1 heterocycles. The van der Waals surface area contributed by atoms with E-state index in [9.17, 15) is 80.1 Å². The minimum atomic E-state index is -3.92. The van der Waals surface area contributed by atoms with Gasteiger partial charge in [0.05, 0.1) is 53.3 Å². The van der Waals surface area contributed by atoms with Crippen molar-refractivity contribution in [1.29, 1.82) is 0 Å². The fourth-order valence-corrected chi connectivity index (χ4v) is 13.3. The van der Waals surface area contributed by atoms with Crippen molar-refractivity contribution in [3.05, 3.63) is 168 Å². The number of alkyl carbamates (subject to hydrolysis) is 2. The van der Waals surface area contributed by atoms with Gasteiger partial charge in [-0.05, 0) is 106 Å². The van der Waals surface area contributed by atoms with Crippen LogP contribution in [0.1, 0.15) is 83.1 Å². The number of ether oxygens (including phenoxy) is 3. The average molecular weight is 1630 g/mol. The molecule has 6 rings (SSSR count). The summed E-state index contributed by atoms with van der Waals surface area (Å²) in [6, 6.07) is 25.3. The van der Waals surface area contributed by atoms with E-state index in [1.165, 1.54) is 6.92 Å². The van der Waals surface area contributed by atoms with Gasteiger partial charge < -0.3 is 87.7 Å². The van der Waals surface area contributed by atoms with Crippen LogP contribution >= 0.6 is 11.8 Å². The van der Waals surface area contributed by atoms with Crippen LogP contribution in [0.3, 0.4) is 0 Å². The number of carbonyl (C=O) groups excluding carboxylic acids is 11. The third kappa shape index (κ3) is 33.2. The summed E-state index contributed by atoms with van der Waals surface area (Å²) in [6.07, 6.45) is -3.63. The molecule has 37 heteroatoms. The topological polar surface area (TPSA) is 505 Å². The summed E-state index contributed by atoms with van der Waals surface area (Å²) in [5.74, 6) is -11.2. The van der Waals surface area contributed by atoms with Crippen molar-refractivity contribution >= 4 is 119 Å². The summed E-state index contributed by atoms with van der Waals surface area (Å²) in [5, 5.41) is 66.9. The first-order valence-corrected chi connectivity index (χ1v) is 41.1. The minimum Gasteiger partial charge on any atom is -0.463 e. The highest BCUT2D eigenvalue weighted by Gasteiger charge is 2.38. The second-order valence-electron chi connectivity index (χ2n) is 27.5. The van der Waals surface area contributed by atoms with Crippen LogP contribution < -0.4 is 53.2 Å². The molecule has 10 atom stereocenters. The molecule has 5 aromatic carbocycles. The van der Waals surface area contributed by atoms with Gasteiger partial charge in [-0.25, -0.2) is 31.2 Å². The van der Waals surface area contributed by atoms with Gasteiger partial charge in [-0.2, -0.15) is 10.2 Å². The lowest BCUT2D eigenvalue weighted by Crippen LogP contribution is -2.63. The van der Waals surface area contributed by atoms with E-state index >= 15 is 4.79 Å². The molecule has 0 saturated carbocycles. The van der Waals surface area contributed by atoms with Crippen molar-refractivity contribution in [2.24, 2.45) is 10.2 Å². The summed E-state index contributed by atoms with van der Waals surface area (Å²) in [6.45, 7) is 6.01. The van der Waals surface area contributed by atoms with Crippen molar-refractivity contribution in [3.63, 3.8) is 0 Å². The smallest absolute Gasteiger partial charge is 0.408 e. The molecular weight excluding hydrogens is 1530 g/mol. The second-order valence-corrected chi connectivity index (χ2v) is 33.0. The number of sulfone groups is 2. The first-order chi connectivity index (χ1) is 53.5. The van der Waals surface area contributed by atoms with E-state index in [4.69, 9.17) is 14.2 Å². The van der Waals surface area contributed by atoms with Crippen LogP contribution in [0.5, 0.6) is 0 Å². The van der Waals surface area contributed by atoms with Crippen LogP contribution in [-0.4, -0.2) is 224 Å². The fourth-order valence-electron chi connectivity index (χ4n) is 10.9. The van der Waals surface area contributed by atoms with Gasteiger partial charge in [-0.1, -0.05) is 109 Å². The van der Waals surface area contributed by atoms with Gasteiger partial charge in [0.15, 0.2) is 19.7 Å². The standard InChI is InChI=1S/C76H99N13O21S3/c1-47(91)64(86-66(94)58(29-19-20-34-77-74(102)109-35-37-112(7,104)105)80-68(96)61(41-53-42-78-57-28-18-17-27-56(53)57)81-67(95)60(40-51-23-13-9-14-24-51)85-75(103)110-76(4,5)6)71(99)82-59(39-50-21-11-8-12-22-50)69(97)87-65(48(2)92)72(100)83-62(43-90)70(98)84-63(44-111-46-79-49(3)93)73(101)108-36-38-113(106,107)45-52-30-32-55(33-31-52)89-88-54-25-15-10-16-26-54/h8-18,21-28,30-33,42,47-48,58-65,78,90-92H,19-20,29,34-41,43-46H2,1-7H3,(H,77,102)(H,79,93)(H,80,96)(H,81,95)(H,82,99)(H,83,100)(H,84,98)(H,85,103)(H,86,94)(H,87,97)/t47-,48-,58+,59+,60+,61+,62+,63+,64+,65+/m1/s1. The number of nitrogens with one attached hydrogen (secondary N) is 11. The van der Waals surface area contributed by atoms with Crippen molar-refractivity contribution in [2.75, 3.05) is 55.8 Å². The number of hydrogen-bond donors (Lipinski definition) is 14. The zero-order valence-corrected chi connectivity index (χ0v) is 66.0. The lowest BCUT2D eigenvalue weighted by Gasteiger charge is -2.29. The number of unbranched alkanes of at least 4 members (excludes halogenated alkanes) is 1. The second kappa shape index (κ2) is 45.0. The van der Waals surface area contributed by atoms with E-state index < -0.39 is 188 Å². The molecule has 0 spiro atoms. The van der Waals surface area contributed by atoms with E-state index in [1.54, 1.807) is 160 Å². The van der Waals surface area contributed by atoms with Crippen LogP contribution in [0, 0.1) is 0 Å². The number of para-hydroxylation sites is 1. The zero-order valence-electron chi connectivity index (χ0n) is 63.5. The van der Waals surface area contributed by atoms with Crippen LogP contribution in [0.4, 0.5) is 21.0 Å². The van der Waals surface area contributed by atoms with Crippen LogP contribution in [-0.2, 0) is 102 Å². The number of hydrogen-bond acceptors (Lipinski definition) is 24. The van der Waals surface area contributed by atoms with Crippen LogP contribution in [0.2, 0.25) is 0 Å². The number of aliphatic hydroxyl groups is 3. The van der Waals surface area contributed by atoms with Gasteiger partial charge >= 0.3 is 18.2 Å². The van der Waals surface area contributed by atoms with Gasteiger partial charge in [-0.3, -0.25) is 38.4 Å². The Morgan fingerprint density at radius 1 is 0.513 bits per heavy atom. The summed E-state index contributed by atoms with van der Waals surface area (Å²) < 4.78 is 65.5. The first kappa shape index (κ1) is 91.0. The molecule has 1 aromatic heterocycles. The molecule has 10 amide bonds. The van der Waals surface area contributed by atoms with E-state index in [0.29, 0.717) is 44.5 Å². The predicted molar refractivity (Wildman–Crippen MR) is 419 cm³/mol. The van der Waals surface area contributed by atoms with E-state index in [1.807, 2.05) is 6.07 Å². The number of aliphatic hydroxyl groups excluding tert-OH is 3. The molecular formula is C76H99N13O21S3. The lowest BCUT2D eigenvalue weighted by atomic mass is 10.0. The zero-order chi connectivity index (χ0) is 82.8. The Labute approximate surface area is 658 Å². The molecule has 0 radical (unpaired) electrons. The van der Waals surface area contributed by atoms with E-state index in [0.717, 1.165) is 31.9 Å². The molecule has 0 aliphatic carbocycles. The van der Waals surface area contributed by atoms with Gasteiger partial charge in [0.2, 0.25) is 47.3 Å². The number of H-pyrrole nitrogens is 1. The highest BCUT2D eigenvalue weighted by molar-refractivity contribution is 7.99. The number of thioether (sulfide) groups is 1. The fraction of sp³-hybridized carbons (Fsp3) is 0.434. The monoisotopic (exact) mass is 1630 g/mol. The van der Waals surface area contributed by atoms with Gasteiger partial charge in [0, 0.05) is 61.8 Å². The maximum Gasteiger partial charge on any atom is 0.408 e. The molecule has 0 unspecified atom stereocenters. The summed E-state index contributed by atoms with van der Waals surface area (Å²) >= 11 is 0.942. The number of nitrogens with zero attached hydrogens (tertiary/aromatic N) is 2. The maximum absolute atomic E-state index is 15.1. The molecule has 0 aliphatic heterocycles. The highest BCUT2D eigenvalue weighted by Crippen LogP contribution is 2.22. The van der Waals surface area contributed by atoms with Gasteiger partial charge in [0.25, 0.3) is 0 Å². The summed E-state index contributed by atoms with van der Waals surface area (Å²) in [5.41, 5.74) is 2.74. The Morgan fingerprint density at radius 2 is 0.991 bits per heavy atom. The van der Waals surface area contributed by atoms with Crippen molar-refractivity contribution in [1.82, 2.24) is 58.2 Å². The largest absolute Gasteiger partial charge is 0.463 e. The Morgan fingerprint density at radius 3 is 1.55 bits per heavy atom. The van der Waals surface area contributed by atoms with Crippen molar-refractivity contribution < 1.29 is 99.1 Å². The number of amides is 10. The Balaban J connectivity index is 1.20. The summed E-state index contributed by atoms with van der Waals surface area (Å²) in [4.78, 5) is 156. The highest BCUT2D eigenvalue weighted by atomic mass is 32.2. The molecule has 113 heavy (non-hydrogen) atoms. The Bertz CT molecular complexity index is 4440. The Hall–Kier alpha value is -10.9. The van der Waals surface area contributed by atoms with Crippen LogP contribution in [0.15, 0.2) is 156 Å². The number of rotatable bonds is 44. The molecule has 0 bridgehead atoms.